The van der Waals surface area contributed by atoms with E-state index in [1.165, 1.54) is 38.4 Å². The molecule has 3 nitrogen and oxygen atoms in total. The zero-order valence-corrected chi connectivity index (χ0v) is 26.3. The topological polar surface area (TPSA) is 38.7 Å². The average molecular weight is 602 g/mol. The molecule has 0 aliphatic heterocycles. The van der Waals surface area contributed by atoms with Gasteiger partial charge < -0.3 is 0 Å². The third-order valence-corrected chi connectivity index (χ3v) is 9.63. The van der Waals surface area contributed by atoms with Gasteiger partial charge in [-0.2, -0.15) is 0 Å². The van der Waals surface area contributed by atoms with Crippen LogP contribution in [-0.4, -0.2) is 15.0 Å². The first-order valence-electron chi connectivity index (χ1n) is 16.1. The largest absolute Gasteiger partial charge is 0.247 e. The summed E-state index contributed by atoms with van der Waals surface area (Å²) in [6, 6.07) is 53.4. The quantitative estimate of drug-likeness (QED) is 0.188. The standard InChI is InChI=1S/C44H31N3/c1-44(2)35-23-12-11-22-34(35)42-41(44)39(40-33-21-10-9-14-28(33)24-25-36(40)45-42)32-20-13-19-31(26-32)38-27-37(29-15-5-3-6-16-29)46-43(47-38)30-17-7-4-8-18-30/h3-27H,1-2H3. The van der Waals surface area contributed by atoms with Crippen LogP contribution in [0.1, 0.15) is 25.0 Å². The van der Waals surface area contributed by atoms with Gasteiger partial charge in [0, 0.05) is 33.1 Å². The fraction of sp³-hybridized carbons (Fsp3) is 0.0682. The van der Waals surface area contributed by atoms with E-state index in [2.05, 4.69) is 141 Å². The van der Waals surface area contributed by atoms with Crippen molar-refractivity contribution in [3.05, 3.63) is 163 Å². The fourth-order valence-corrected chi connectivity index (χ4v) is 7.40. The second-order valence-corrected chi connectivity index (χ2v) is 12.8. The van der Waals surface area contributed by atoms with E-state index in [9.17, 15) is 0 Å². The zero-order chi connectivity index (χ0) is 31.5. The number of fused-ring (bicyclic) bond motifs is 6. The SMILES string of the molecule is CC1(C)c2ccccc2-c2nc3ccc4ccccc4c3c(-c3cccc(-c4cc(-c5ccccc5)nc(-c5ccccc5)n4)c3)c21. The van der Waals surface area contributed by atoms with E-state index in [1.807, 2.05) is 24.3 Å². The number of hydrogen-bond donors (Lipinski definition) is 0. The minimum absolute atomic E-state index is 0.231. The third kappa shape index (κ3) is 4.39. The molecule has 1 aliphatic rings. The lowest BCUT2D eigenvalue weighted by Crippen LogP contribution is -2.16. The maximum atomic E-state index is 5.38. The maximum absolute atomic E-state index is 5.38. The van der Waals surface area contributed by atoms with Crippen molar-refractivity contribution in [1.82, 2.24) is 15.0 Å². The molecule has 0 N–H and O–H groups in total. The summed E-state index contributed by atoms with van der Waals surface area (Å²) in [7, 11) is 0. The van der Waals surface area contributed by atoms with E-state index in [0.717, 1.165) is 44.9 Å². The summed E-state index contributed by atoms with van der Waals surface area (Å²) in [6.45, 7) is 4.68. The Morgan fingerprint density at radius 2 is 1.13 bits per heavy atom. The summed E-state index contributed by atoms with van der Waals surface area (Å²) < 4.78 is 0. The van der Waals surface area contributed by atoms with E-state index >= 15 is 0 Å². The van der Waals surface area contributed by atoms with Gasteiger partial charge in [-0.15, -0.1) is 0 Å². The number of pyridine rings is 1. The molecule has 0 saturated carbocycles. The maximum Gasteiger partial charge on any atom is 0.160 e. The molecule has 0 fully saturated rings. The summed E-state index contributed by atoms with van der Waals surface area (Å²) in [5.41, 5.74) is 13.0. The number of hydrogen-bond acceptors (Lipinski definition) is 3. The molecule has 0 unspecified atom stereocenters. The summed E-state index contributed by atoms with van der Waals surface area (Å²) in [6.07, 6.45) is 0. The van der Waals surface area contributed by atoms with Gasteiger partial charge in [0.15, 0.2) is 5.82 Å². The summed E-state index contributed by atoms with van der Waals surface area (Å²) in [5, 5.41) is 3.62. The minimum Gasteiger partial charge on any atom is -0.247 e. The first kappa shape index (κ1) is 27.4. The Kier molecular flexibility index (Phi) is 6.16. The molecule has 0 atom stereocenters. The molecule has 6 aromatic carbocycles. The van der Waals surface area contributed by atoms with Crippen LogP contribution in [0.2, 0.25) is 0 Å². The van der Waals surface area contributed by atoms with Gasteiger partial charge in [-0.25, -0.2) is 15.0 Å². The van der Waals surface area contributed by atoms with Crippen LogP contribution >= 0.6 is 0 Å². The van der Waals surface area contributed by atoms with E-state index in [0.29, 0.717) is 5.82 Å². The van der Waals surface area contributed by atoms with Crippen molar-refractivity contribution in [2.75, 3.05) is 0 Å². The molecule has 47 heavy (non-hydrogen) atoms. The van der Waals surface area contributed by atoms with Crippen molar-refractivity contribution < 1.29 is 0 Å². The Labute approximate surface area is 274 Å². The first-order valence-corrected chi connectivity index (χ1v) is 16.1. The Morgan fingerprint density at radius 1 is 0.489 bits per heavy atom. The number of nitrogens with zero attached hydrogens (tertiary/aromatic N) is 3. The second-order valence-electron chi connectivity index (χ2n) is 12.8. The molecule has 0 spiro atoms. The van der Waals surface area contributed by atoms with Gasteiger partial charge in [0.25, 0.3) is 0 Å². The van der Waals surface area contributed by atoms with Gasteiger partial charge in [0.2, 0.25) is 0 Å². The normalized spacial score (nSPS) is 13.1. The second kappa shape index (κ2) is 10.6. The van der Waals surface area contributed by atoms with E-state index in [4.69, 9.17) is 15.0 Å². The van der Waals surface area contributed by atoms with Gasteiger partial charge >= 0.3 is 0 Å². The number of benzene rings is 6. The third-order valence-electron chi connectivity index (χ3n) is 9.63. The van der Waals surface area contributed by atoms with Crippen molar-refractivity contribution in [3.8, 4) is 56.3 Å². The Bertz CT molecular complexity index is 2420. The molecule has 9 rings (SSSR count). The predicted octanol–water partition coefficient (Wildman–Crippen LogP) is 11.2. The van der Waals surface area contributed by atoms with Gasteiger partial charge in [0.1, 0.15) is 0 Å². The summed E-state index contributed by atoms with van der Waals surface area (Å²) in [5.74, 6) is 0.713. The predicted molar refractivity (Wildman–Crippen MR) is 194 cm³/mol. The highest BCUT2D eigenvalue weighted by molar-refractivity contribution is 6.16. The van der Waals surface area contributed by atoms with Crippen LogP contribution in [0.3, 0.4) is 0 Å². The van der Waals surface area contributed by atoms with Crippen molar-refractivity contribution in [3.63, 3.8) is 0 Å². The van der Waals surface area contributed by atoms with Crippen LogP contribution in [0, 0.1) is 0 Å². The molecule has 0 saturated heterocycles. The number of aromatic nitrogens is 3. The summed E-state index contributed by atoms with van der Waals surface area (Å²) in [4.78, 5) is 15.6. The van der Waals surface area contributed by atoms with E-state index < -0.39 is 0 Å². The lowest BCUT2D eigenvalue weighted by molar-refractivity contribution is 0.662. The van der Waals surface area contributed by atoms with Gasteiger partial charge in [0.05, 0.1) is 22.6 Å². The molecule has 0 amide bonds. The zero-order valence-electron chi connectivity index (χ0n) is 26.3. The summed E-state index contributed by atoms with van der Waals surface area (Å²) >= 11 is 0. The fourth-order valence-electron chi connectivity index (χ4n) is 7.40. The molecular formula is C44H31N3. The van der Waals surface area contributed by atoms with E-state index in [1.54, 1.807) is 0 Å². The van der Waals surface area contributed by atoms with Crippen molar-refractivity contribution in [2.45, 2.75) is 19.3 Å². The van der Waals surface area contributed by atoms with E-state index in [-0.39, 0.29) is 5.41 Å². The molecule has 1 aliphatic carbocycles. The number of rotatable bonds is 4. The molecule has 0 radical (unpaired) electrons. The Hall–Kier alpha value is -5.93. The molecule has 0 bridgehead atoms. The smallest absolute Gasteiger partial charge is 0.160 e. The van der Waals surface area contributed by atoms with Crippen LogP contribution in [0.4, 0.5) is 0 Å². The van der Waals surface area contributed by atoms with Crippen molar-refractivity contribution in [2.24, 2.45) is 0 Å². The lowest BCUT2D eigenvalue weighted by atomic mass is 9.78. The van der Waals surface area contributed by atoms with Crippen LogP contribution in [0.15, 0.2) is 152 Å². The monoisotopic (exact) mass is 601 g/mol. The highest BCUT2D eigenvalue weighted by Crippen LogP contribution is 2.54. The van der Waals surface area contributed by atoms with Gasteiger partial charge in [-0.05, 0) is 51.2 Å². The molecular weight excluding hydrogens is 571 g/mol. The van der Waals surface area contributed by atoms with Crippen molar-refractivity contribution >= 4 is 21.7 Å². The first-order chi connectivity index (χ1) is 23.1. The molecule has 2 heterocycles. The van der Waals surface area contributed by atoms with Crippen LogP contribution in [0.25, 0.3) is 78.0 Å². The van der Waals surface area contributed by atoms with Crippen molar-refractivity contribution in [1.29, 1.82) is 0 Å². The highest BCUT2D eigenvalue weighted by Gasteiger charge is 2.39. The molecule has 222 valence electrons. The van der Waals surface area contributed by atoms with Crippen LogP contribution in [-0.2, 0) is 5.41 Å². The lowest BCUT2D eigenvalue weighted by Gasteiger charge is -2.26. The molecule has 2 aromatic heterocycles. The van der Waals surface area contributed by atoms with Gasteiger partial charge in [-0.1, -0.05) is 147 Å². The average Bonchev–Trinajstić information content (AvgIpc) is 3.37. The minimum atomic E-state index is -0.231. The highest BCUT2D eigenvalue weighted by atomic mass is 14.9. The Morgan fingerprint density at radius 3 is 1.94 bits per heavy atom. The van der Waals surface area contributed by atoms with Crippen LogP contribution in [0.5, 0.6) is 0 Å². The molecule has 8 aromatic rings. The van der Waals surface area contributed by atoms with Gasteiger partial charge in [-0.3, -0.25) is 0 Å². The Balaban J connectivity index is 1.33. The molecule has 3 heteroatoms. The van der Waals surface area contributed by atoms with Crippen LogP contribution < -0.4 is 0 Å².